The highest BCUT2D eigenvalue weighted by Gasteiger charge is 2.33. The summed E-state index contributed by atoms with van der Waals surface area (Å²) in [4.78, 5) is 4.72. The molecule has 2 heteroatoms. The molecular formula is C12H16N2. The minimum Gasteiger partial charge on any atom is -0.328 e. The molecule has 3 aliphatic rings. The lowest BCUT2D eigenvalue weighted by Crippen LogP contribution is -2.33. The van der Waals surface area contributed by atoms with Crippen LogP contribution in [0.4, 0.5) is 0 Å². The van der Waals surface area contributed by atoms with Crippen molar-refractivity contribution in [3.05, 3.63) is 23.4 Å². The Hall–Kier alpha value is -0.890. The van der Waals surface area contributed by atoms with Gasteiger partial charge in [-0.05, 0) is 43.8 Å². The van der Waals surface area contributed by atoms with Gasteiger partial charge >= 0.3 is 0 Å². The van der Waals surface area contributed by atoms with E-state index in [2.05, 4.69) is 12.2 Å². The van der Waals surface area contributed by atoms with Gasteiger partial charge in [-0.1, -0.05) is 6.08 Å². The van der Waals surface area contributed by atoms with Crippen LogP contribution in [0.25, 0.3) is 0 Å². The predicted octanol–water partition coefficient (Wildman–Crippen LogP) is 2.17. The van der Waals surface area contributed by atoms with Crippen LogP contribution in [0.15, 0.2) is 28.4 Å². The van der Waals surface area contributed by atoms with Gasteiger partial charge in [-0.3, -0.25) is 4.99 Å². The van der Waals surface area contributed by atoms with E-state index >= 15 is 0 Å². The lowest BCUT2D eigenvalue weighted by atomic mass is 9.79. The fourth-order valence-corrected chi connectivity index (χ4v) is 2.83. The molecule has 0 aromatic rings. The van der Waals surface area contributed by atoms with Crippen molar-refractivity contribution in [3.63, 3.8) is 0 Å². The molecule has 0 aromatic carbocycles. The van der Waals surface area contributed by atoms with Crippen molar-refractivity contribution in [2.45, 2.75) is 38.1 Å². The van der Waals surface area contributed by atoms with Gasteiger partial charge in [0.2, 0.25) is 0 Å². The highest BCUT2D eigenvalue weighted by atomic mass is 14.8. The Morgan fingerprint density at radius 1 is 1.36 bits per heavy atom. The van der Waals surface area contributed by atoms with Crippen LogP contribution in [0.3, 0.4) is 0 Å². The van der Waals surface area contributed by atoms with Crippen LogP contribution >= 0.6 is 0 Å². The zero-order valence-electron chi connectivity index (χ0n) is 8.37. The van der Waals surface area contributed by atoms with Crippen LogP contribution in [0, 0.1) is 5.92 Å². The van der Waals surface area contributed by atoms with Crippen molar-refractivity contribution < 1.29 is 0 Å². The molecule has 2 aliphatic carbocycles. The summed E-state index contributed by atoms with van der Waals surface area (Å²) in [6, 6.07) is 0.400. The Morgan fingerprint density at radius 2 is 2.29 bits per heavy atom. The minimum absolute atomic E-state index is 0.400. The van der Waals surface area contributed by atoms with Crippen molar-refractivity contribution in [1.82, 2.24) is 0 Å². The third-order valence-electron chi connectivity index (χ3n) is 3.58. The molecule has 1 saturated carbocycles. The Balaban J connectivity index is 1.94. The summed E-state index contributed by atoms with van der Waals surface area (Å²) in [5.41, 5.74) is 10.2. The molecule has 0 aromatic heterocycles. The molecule has 3 rings (SSSR count). The molecule has 2 nitrogen and oxygen atoms in total. The monoisotopic (exact) mass is 188 g/mol. The van der Waals surface area contributed by atoms with Gasteiger partial charge < -0.3 is 5.73 Å². The molecule has 0 bridgehead atoms. The average molecular weight is 188 g/mol. The highest BCUT2D eigenvalue weighted by Crippen LogP contribution is 2.39. The van der Waals surface area contributed by atoms with Gasteiger partial charge in [0.25, 0.3) is 0 Å². The number of hydrogen-bond acceptors (Lipinski definition) is 2. The maximum absolute atomic E-state index is 6.02. The first-order valence-corrected chi connectivity index (χ1v) is 5.57. The second-order valence-electron chi connectivity index (χ2n) is 4.54. The first kappa shape index (κ1) is 8.42. The Morgan fingerprint density at radius 3 is 3.21 bits per heavy atom. The van der Waals surface area contributed by atoms with Gasteiger partial charge in [0.05, 0.1) is 5.70 Å². The minimum atomic E-state index is 0.400. The molecule has 74 valence electrons. The van der Waals surface area contributed by atoms with Crippen molar-refractivity contribution in [1.29, 1.82) is 0 Å². The van der Waals surface area contributed by atoms with Gasteiger partial charge in [-0.25, -0.2) is 0 Å². The predicted molar refractivity (Wildman–Crippen MR) is 58.2 cm³/mol. The van der Waals surface area contributed by atoms with Crippen LogP contribution in [-0.2, 0) is 0 Å². The first-order valence-electron chi connectivity index (χ1n) is 5.57. The van der Waals surface area contributed by atoms with Crippen LogP contribution in [0.1, 0.15) is 32.1 Å². The lowest BCUT2D eigenvalue weighted by molar-refractivity contribution is 0.494. The Labute approximate surface area is 84.6 Å². The Kier molecular flexibility index (Phi) is 1.84. The molecule has 2 atom stereocenters. The van der Waals surface area contributed by atoms with E-state index in [0.29, 0.717) is 12.0 Å². The fraction of sp³-hybridized carbons (Fsp3) is 0.583. The zero-order valence-corrected chi connectivity index (χ0v) is 8.37. The largest absolute Gasteiger partial charge is 0.328 e. The van der Waals surface area contributed by atoms with Crippen LogP contribution in [0.5, 0.6) is 0 Å². The molecule has 14 heavy (non-hydrogen) atoms. The van der Waals surface area contributed by atoms with Gasteiger partial charge in [-0.15, -0.1) is 0 Å². The molecule has 0 radical (unpaired) electrons. The molecule has 0 amide bonds. The van der Waals surface area contributed by atoms with Crippen LogP contribution in [-0.4, -0.2) is 11.8 Å². The maximum Gasteiger partial charge on any atom is 0.0624 e. The van der Waals surface area contributed by atoms with E-state index in [1.54, 1.807) is 5.57 Å². The third-order valence-corrected chi connectivity index (χ3v) is 3.58. The Bertz CT molecular complexity index is 349. The molecule has 1 fully saturated rings. The molecule has 2 N–H and O–H groups in total. The lowest BCUT2D eigenvalue weighted by Gasteiger charge is -2.27. The number of rotatable bonds is 0. The molecule has 2 unspecified atom stereocenters. The van der Waals surface area contributed by atoms with Crippen molar-refractivity contribution in [2.75, 3.05) is 0 Å². The summed E-state index contributed by atoms with van der Waals surface area (Å²) < 4.78 is 0. The summed E-state index contributed by atoms with van der Waals surface area (Å²) in [5, 5.41) is 0. The SMILES string of the molecule is NC1CCC2=NC3=C(CCC=C3)C2C1. The fourth-order valence-electron chi connectivity index (χ4n) is 2.83. The quantitative estimate of drug-likeness (QED) is 0.621. The van der Waals surface area contributed by atoms with Crippen molar-refractivity contribution >= 4 is 5.71 Å². The van der Waals surface area contributed by atoms with Gasteiger partial charge in [0.15, 0.2) is 0 Å². The van der Waals surface area contributed by atoms with E-state index in [4.69, 9.17) is 10.7 Å². The van der Waals surface area contributed by atoms with E-state index in [0.717, 1.165) is 19.3 Å². The van der Waals surface area contributed by atoms with Crippen LogP contribution < -0.4 is 5.73 Å². The molecule has 0 saturated heterocycles. The second-order valence-corrected chi connectivity index (χ2v) is 4.54. The van der Waals surface area contributed by atoms with E-state index in [-0.39, 0.29) is 0 Å². The van der Waals surface area contributed by atoms with E-state index in [1.165, 1.54) is 24.3 Å². The number of hydrogen-bond donors (Lipinski definition) is 1. The number of fused-ring (bicyclic) bond motifs is 2. The first-order chi connectivity index (χ1) is 6.84. The zero-order chi connectivity index (χ0) is 9.54. The van der Waals surface area contributed by atoms with Gasteiger partial charge in [0, 0.05) is 17.7 Å². The van der Waals surface area contributed by atoms with Gasteiger partial charge in [-0.2, -0.15) is 0 Å². The summed E-state index contributed by atoms with van der Waals surface area (Å²) in [6.45, 7) is 0. The third kappa shape index (κ3) is 1.17. The molecule has 1 heterocycles. The number of nitrogens with two attached hydrogens (primary N) is 1. The summed E-state index contributed by atoms with van der Waals surface area (Å²) in [5.74, 6) is 0.610. The standard InChI is InChI=1S/C12H16N2/c13-8-5-6-12-10(7-8)9-3-1-2-4-11(9)14-12/h2,4,8,10H,1,3,5-7,13H2. The number of aliphatic imine (C=N–C) groups is 1. The normalized spacial score (nSPS) is 35.4. The topological polar surface area (TPSA) is 38.4 Å². The van der Waals surface area contributed by atoms with Crippen molar-refractivity contribution in [2.24, 2.45) is 16.6 Å². The smallest absolute Gasteiger partial charge is 0.0624 e. The van der Waals surface area contributed by atoms with Gasteiger partial charge in [0.1, 0.15) is 0 Å². The molecule has 1 aliphatic heterocycles. The maximum atomic E-state index is 6.02. The number of allylic oxidation sites excluding steroid dienone is 3. The van der Waals surface area contributed by atoms with Crippen LogP contribution in [0.2, 0.25) is 0 Å². The van der Waals surface area contributed by atoms with Crippen molar-refractivity contribution in [3.8, 4) is 0 Å². The number of nitrogens with zero attached hydrogens (tertiary/aromatic N) is 1. The molecular weight excluding hydrogens is 172 g/mol. The molecule has 0 spiro atoms. The summed E-state index contributed by atoms with van der Waals surface area (Å²) in [6.07, 6.45) is 10.2. The summed E-state index contributed by atoms with van der Waals surface area (Å²) >= 11 is 0. The van der Waals surface area contributed by atoms with E-state index < -0.39 is 0 Å². The van der Waals surface area contributed by atoms with E-state index in [9.17, 15) is 0 Å². The highest BCUT2D eigenvalue weighted by molar-refractivity contribution is 5.94. The second kappa shape index (κ2) is 3.06. The average Bonchev–Trinajstić information content (AvgIpc) is 2.56. The van der Waals surface area contributed by atoms with E-state index in [1.807, 2.05) is 0 Å². The summed E-state index contributed by atoms with van der Waals surface area (Å²) in [7, 11) is 0.